The van der Waals surface area contributed by atoms with Crippen LogP contribution in [0.1, 0.15) is 12.8 Å². The standard InChI is InChI=1S/C11H14FN3O/c12-9-3-4-10(13-7-9)14-8-11(16)15-5-1-2-6-15/h3-4,7H,1-2,5-6,8H2,(H,13,14). The van der Waals surface area contributed by atoms with Crippen molar-refractivity contribution in [1.82, 2.24) is 9.88 Å². The van der Waals surface area contributed by atoms with Gasteiger partial charge in [-0.2, -0.15) is 0 Å². The molecule has 0 saturated carbocycles. The molecule has 4 nitrogen and oxygen atoms in total. The molecule has 0 aliphatic carbocycles. The Morgan fingerprint density at radius 1 is 1.44 bits per heavy atom. The molecule has 0 bridgehead atoms. The van der Waals surface area contributed by atoms with Gasteiger partial charge in [0, 0.05) is 13.1 Å². The molecule has 86 valence electrons. The Kier molecular flexibility index (Phi) is 3.34. The summed E-state index contributed by atoms with van der Waals surface area (Å²) < 4.78 is 12.6. The summed E-state index contributed by atoms with van der Waals surface area (Å²) in [5.74, 6) is 0.217. The summed E-state index contributed by atoms with van der Waals surface area (Å²) in [6.07, 6.45) is 3.30. The Morgan fingerprint density at radius 3 is 2.81 bits per heavy atom. The first-order valence-corrected chi connectivity index (χ1v) is 5.39. The summed E-state index contributed by atoms with van der Waals surface area (Å²) in [5, 5.41) is 2.88. The van der Waals surface area contributed by atoms with Gasteiger partial charge in [-0.05, 0) is 25.0 Å². The first kappa shape index (κ1) is 10.9. The third-order valence-electron chi connectivity index (χ3n) is 2.61. The van der Waals surface area contributed by atoms with Crippen molar-refractivity contribution in [2.45, 2.75) is 12.8 Å². The molecule has 1 aliphatic heterocycles. The van der Waals surface area contributed by atoms with Gasteiger partial charge in [-0.15, -0.1) is 0 Å². The van der Waals surface area contributed by atoms with Crippen molar-refractivity contribution < 1.29 is 9.18 Å². The number of carbonyl (C=O) groups excluding carboxylic acids is 1. The molecule has 0 atom stereocenters. The zero-order valence-corrected chi connectivity index (χ0v) is 8.95. The Bertz CT molecular complexity index is 360. The summed E-state index contributed by atoms with van der Waals surface area (Å²) in [7, 11) is 0. The SMILES string of the molecule is O=C(CNc1ccc(F)cn1)N1CCCC1. The molecule has 1 amide bonds. The van der Waals surface area contributed by atoms with Gasteiger partial charge in [0.15, 0.2) is 0 Å². The lowest BCUT2D eigenvalue weighted by molar-refractivity contribution is -0.128. The van der Waals surface area contributed by atoms with E-state index in [0.29, 0.717) is 5.82 Å². The van der Waals surface area contributed by atoms with E-state index in [-0.39, 0.29) is 18.3 Å². The van der Waals surface area contributed by atoms with Crippen LogP contribution in [0.4, 0.5) is 10.2 Å². The highest BCUT2D eigenvalue weighted by molar-refractivity contribution is 5.80. The molecule has 0 radical (unpaired) electrons. The second-order valence-corrected chi connectivity index (χ2v) is 3.80. The van der Waals surface area contributed by atoms with Crippen LogP contribution < -0.4 is 5.32 Å². The maximum atomic E-state index is 12.6. The summed E-state index contributed by atoms with van der Waals surface area (Å²) in [6, 6.07) is 2.84. The Balaban J connectivity index is 1.82. The molecule has 0 unspecified atom stereocenters. The first-order chi connectivity index (χ1) is 7.75. The zero-order valence-electron chi connectivity index (χ0n) is 8.95. The van der Waals surface area contributed by atoms with Crippen molar-refractivity contribution in [3.8, 4) is 0 Å². The highest BCUT2D eigenvalue weighted by Gasteiger charge is 2.17. The molecule has 1 saturated heterocycles. The number of likely N-dealkylation sites (tertiary alicyclic amines) is 1. The van der Waals surface area contributed by atoms with Crippen LogP contribution in [0.25, 0.3) is 0 Å². The van der Waals surface area contributed by atoms with Gasteiger partial charge in [0.1, 0.15) is 11.6 Å². The highest BCUT2D eigenvalue weighted by Crippen LogP contribution is 2.08. The van der Waals surface area contributed by atoms with Crippen molar-refractivity contribution in [1.29, 1.82) is 0 Å². The van der Waals surface area contributed by atoms with Crippen LogP contribution in [-0.4, -0.2) is 35.4 Å². The summed E-state index contributed by atoms with van der Waals surface area (Å²) in [5.41, 5.74) is 0. The highest BCUT2D eigenvalue weighted by atomic mass is 19.1. The van der Waals surface area contributed by atoms with E-state index in [9.17, 15) is 9.18 Å². The zero-order chi connectivity index (χ0) is 11.4. The number of anilines is 1. The van der Waals surface area contributed by atoms with E-state index in [2.05, 4.69) is 10.3 Å². The molecule has 2 heterocycles. The van der Waals surface area contributed by atoms with E-state index >= 15 is 0 Å². The van der Waals surface area contributed by atoms with Crippen LogP contribution in [0.2, 0.25) is 0 Å². The van der Waals surface area contributed by atoms with Gasteiger partial charge < -0.3 is 10.2 Å². The third kappa shape index (κ3) is 2.68. The lowest BCUT2D eigenvalue weighted by Crippen LogP contribution is -2.33. The van der Waals surface area contributed by atoms with Crippen molar-refractivity contribution in [2.75, 3.05) is 25.0 Å². The number of rotatable bonds is 3. The van der Waals surface area contributed by atoms with Crippen LogP contribution in [0.3, 0.4) is 0 Å². The molecule has 5 heteroatoms. The fraction of sp³-hybridized carbons (Fsp3) is 0.455. The molecular weight excluding hydrogens is 209 g/mol. The predicted octanol–water partition coefficient (Wildman–Crippen LogP) is 1.25. The topological polar surface area (TPSA) is 45.2 Å². The average Bonchev–Trinajstić information content (AvgIpc) is 2.81. The van der Waals surface area contributed by atoms with Crippen molar-refractivity contribution >= 4 is 11.7 Å². The number of hydrogen-bond acceptors (Lipinski definition) is 3. The lowest BCUT2D eigenvalue weighted by Gasteiger charge is -2.15. The molecule has 2 rings (SSSR count). The monoisotopic (exact) mass is 223 g/mol. The number of amides is 1. The molecule has 1 aromatic heterocycles. The van der Waals surface area contributed by atoms with Crippen LogP contribution in [-0.2, 0) is 4.79 Å². The Labute approximate surface area is 93.5 Å². The average molecular weight is 223 g/mol. The number of halogens is 1. The molecular formula is C11H14FN3O. The quantitative estimate of drug-likeness (QED) is 0.839. The molecule has 1 N–H and O–H groups in total. The molecule has 0 aromatic carbocycles. The molecule has 1 aromatic rings. The second-order valence-electron chi connectivity index (χ2n) is 3.80. The van der Waals surface area contributed by atoms with Crippen molar-refractivity contribution in [2.24, 2.45) is 0 Å². The summed E-state index contributed by atoms with van der Waals surface area (Å²) >= 11 is 0. The van der Waals surface area contributed by atoms with Crippen LogP contribution in [0.15, 0.2) is 18.3 Å². The maximum absolute atomic E-state index is 12.6. The number of pyridine rings is 1. The second kappa shape index (κ2) is 4.92. The van der Waals surface area contributed by atoms with Crippen molar-refractivity contribution in [3.05, 3.63) is 24.1 Å². The van der Waals surface area contributed by atoms with Crippen LogP contribution >= 0.6 is 0 Å². The fourth-order valence-corrected chi connectivity index (χ4v) is 1.72. The normalized spacial score (nSPS) is 15.2. The molecule has 1 fully saturated rings. The summed E-state index contributed by atoms with van der Waals surface area (Å²) in [4.78, 5) is 17.3. The van der Waals surface area contributed by atoms with E-state index in [1.54, 1.807) is 0 Å². The minimum atomic E-state index is -0.378. The van der Waals surface area contributed by atoms with Crippen LogP contribution in [0.5, 0.6) is 0 Å². The minimum Gasteiger partial charge on any atom is -0.361 e. The van der Waals surface area contributed by atoms with Gasteiger partial charge in [0.05, 0.1) is 12.7 Å². The minimum absolute atomic E-state index is 0.0728. The van der Waals surface area contributed by atoms with E-state index in [1.807, 2.05) is 4.90 Å². The van der Waals surface area contributed by atoms with E-state index in [4.69, 9.17) is 0 Å². The number of aromatic nitrogens is 1. The smallest absolute Gasteiger partial charge is 0.241 e. The van der Waals surface area contributed by atoms with Gasteiger partial charge in [0.25, 0.3) is 0 Å². The Hall–Kier alpha value is -1.65. The van der Waals surface area contributed by atoms with Crippen molar-refractivity contribution in [3.63, 3.8) is 0 Å². The van der Waals surface area contributed by atoms with Crippen LogP contribution in [0, 0.1) is 5.82 Å². The van der Waals surface area contributed by atoms with Gasteiger partial charge in [0.2, 0.25) is 5.91 Å². The third-order valence-corrected chi connectivity index (χ3v) is 2.61. The lowest BCUT2D eigenvalue weighted by atomic mass is 10.4. The maximum Gasteiger partial charge on any atom is 0.241 e. The largest absolute Gasteiger partial charge is 0.361 e. The van der Waals surface area contributed by atoms with Gasteiger partial charge in [-0.1, -0.05) is 0 Å². The van der Waals surface area contributed by atoms with Gasteiger partial charge in [-0.3, -0.25) is 4.79 Å². The van der Waals surface area contributed by atoms with E-state index < -0.39 is 0 Å². The first-order valence-electron chi connectivity index (χ1n) is 5.39. The predicted molar refractivity (Wildman–Crippen MR) is 58.5 cm³/mol. The number of carbonyl (C=O) groups is 1. The molecule has 16 heavy (non-hydrogen) atoms. The molecule has 1 aliphatic rings. The fourth-order valence-electron chi connectivity index (χ4n) is 1.72. The van der Waals surface area contributed by atoms with E-state index in [1.165, 1.54) is 12.1 Å². The number of nitrogens with one attached hydrogen (secondary N) is 1. The summed E-state index contributed by atoms with van der Waals surface area (Å²) in [6.45, 7) is 1.91. The number of nitrogens with zero attached hydrogens (tertiary/aromatic N) is 2. The Morgan fingerprint density at radius 2 is 2.19 bits per heavy atom. The number of hydrogen-bond donors (Lipinski definition) is 1. The molecule has 0 spiro atoms. The van der Waals surface area contributed by atoms with E-state index in [0.717, 1.165) is 32.1 Å². The van der Waals surface area contributed by atoms with Gasteiger partial charge in [-0.25, -0.2) is 9.37 Å². The van der Waals surface area contributed by atoms with Gasteiger partial charge >= 0.3 is 0 Å².